The van der Waals surface area contributed by atoms with Crippen LogP contribution in [0.2, 0.25) is 0 Å². The Balaban J connectivity index is 1.33. The SMILES string of the molecule is c1ccc(N(c2ccccc2)c2cc(-c3cccc4ccccc34)cc(N(c3ccccc3)c3ccc4oc5ccccc5c4c3)c2)cc1. The Hall–Kier alpha value is -6.58. The molecule has 0 aliphatic rings. The molecule has 1 aromatic heterocycles. The zero-order valence-corrected chi connectivity index (χ0v) is 26.8. The first-order valence-corrected chi connectivity index (χ1v) is 16.6. The Labute approximate surface area is 285 Å². The van der Waals surface area contributed by atoms with E-state index in [9.17, 15) is 0 Å². The van der Waals surface area contributed by atoms with Gasteiger partial charge in [-0.25, -0.2) is 0 Å². The van der Waals surface area contributed by atoms with Gasteiger partial charge in [0.2, 0.25) is 0 Å². The van der Waals surface area contributed by atoms with Gasteiger partial charge in [-0.05, 0) is 101 Å². The maximum atomic E-state index is 6.24. The number of para-hydroxylation sites is 4. The fourth-order valence-corrected chi connectivity index (χ4v) is 6.96. The second kappa shape index (κ2) is 12.2. The zero-order valence-electron chi connectivity index (χ0n) is 26.8. The Morgan fingerprint density at radius 1 is 0.306 bits per heavy atom. The third-order valence-electron chi connectivity index (χ3n) is 9.18. The van der Waals surface area contributed by atoms with Crippen LogP contribution in [-0.4, -0.2) is 0 Å². The van der Waals surface area contributed by atoms with Gasteiger partial charge in [0.05, 0.1) is 0 Å². The summed E-state index contributed by atoms with van der Waals surface area (Å²) in [5, 5.41) is 4.63. The molecule has 9 aromatic rings. The average Bonchev–Trinajstić information content (AvgIpc) is 3.54. The smallest absolute Gasteiger partial charge is 0.135 e. The second-order valence-corrected chi connectivity index (χ2v) is 12.2. The highest BCUT2D eigenvalue weighted by Gasteiger charge is 2.20. The van der Waals surface area contributed by atoms with E-state index in [2.05, 4.69) is 192 Å². The molecule has 0 aliphatic carbocycles. The van der Waals surface area contributed by atoms with Crippen molar-refractivity contribution in [1.29, 1.82) is 0 Å². The molecule has 9 rings (SSSR count). The molecular formula is C46H32N2O. The fourth-order valence-electron chi connectivity index (χ4n) is 6.96. The zero-order chi connectivity index (χ0) is 32.6. The van der Waals surface area contributed by atoms with Gasteiger partial charge in [0.15, 0.2) is 0 Å². The number of anilines is 6. The molecule has 0 aliphatic heterocycles. The topological polar surface area (TPSA) is 19.6 Å². The normalized spacial score (nSPS) is 11.3. The van der Waals surface area contributed by atoms with Gasteiger partial charge in [-0.1, -0.05) is 115 Å². The van der Waals surface area contributed by atoms with Gasteiger partial charge in [-0.2, -0.15) is 0 Å². The standard InChI is InChI=1S/C46H32N2O/c1-4-17-35(18-5-1)47(36-19-6-2-7-20-36)39-29-34(42-25-14-16-33-15-10-11-23-41(33)42)30-40(31-39)48(37-21-8-3-9-22-37)38-27-28-46-44(32-38)43-24-12-13-26-45(43)49-46/h1-32H. The van der Waals surface area contributed by atoms with Gasteiger partial charge >= 0.3 is 0 Å². The van der Waals surface area contributed by atoms with E-state index in [1.807, 2.05) is 12.1 Å². The number of rotatable bonds is 7. The van der Waals surface area contributed by atoms with Crippen molar-refractivity contribution in [1.82, 2.24) is 0 Å². The Bertz CT molecular complexity index is 2510. The Kier molecular flexibility index (Phi) is 7.14. The number of hydrogen-bond donors (Lipinski definition) is 0. The van der Waals surface area contributed by atoms with E-state index < -0.39 is 0 Å². The molecule has 49 heavy (non-hydrogen) atoms. The van der Waals surface area contributed by atoms with Crippen LogP contribution in [0.5, 0.6) is 0 Å². The van der Waals surface area contributed by atoms with Crippen LogP contribution in [0.3, 0.4) is 0 Å². The lowest BCUT2D eigenvalue weighted by Gasteiger charge is -2.30. The minimum atomic E-state index is 0.877. The Morgan fingerprint density at radius 2 is 0.816 bits per heavy atom. The summed E-state index contributed by atoms with van der Waals surface area (Å²) >= 11 is 0. The summed E-state index contributed by atoms with van der Waals surface area (Å²) in [5.74, 6) is 0. The van der Waals surface area contributed by atoms with E-state index in [0.29, 0.717) is 0 Å². The minimum absolute atomic E-state index is 0.877. The molecule has 3 nitrogen and oxygen atoms in total. The van der Waals surface area contributed by atoms with Crippen molar-refractivity contribution in [2.24, 2.45) is 0 Å². The van der Waals surface area contributed by atoms with E-state index in [1.54, 1.807) is 0 Å². The first-order valence-electron chi connectivity index (χ1n) is 16.6. The van der Waals surface area contributed by atoms with Crippen molar-refractivity contribution in [3.63, 3.8) is 0 Å². The van der Waals surface area contributed by atoms with Gasteiger partial charge in [-0.15, -0.1) is 0 Å². The van der Waals surface area contributed by atoms with Crippen molar-refractivity contribution in [2.75, 3.05) is 9.80 Å². The molecule has 0 radical (unpaired) electrons. The van der Waals surface area contributed by atoms with Crippen molar-refractivity contribution in [2.45, 2.75) is 0 Å². The summed E-state index contributed by atoms with van der Waals surface area (Å²) in [6, 6.07) is 68.8. The maximum Gasteiger partial charge on any atom is 0.135 e. The number of furan rings is 1. The molecule has 0 saturated heterocycles. The predicted octanol–water partition coefficient (Wildman–Crippen LogP) is 13.3. The van der Waals surface area contributed by atoms with E-state index in [1.165, 1.54) is 16.3 Å². The first kappa shape index (κ1) is 28.6. The van der Waals surface area contributed by atoms with Gasteiger partial charge < -0.3 is 14.2 Å². The minimum Gasteiger partial charge on any atom is -0.456 e. The van der Waals surface area contributed by atoms with Crippen molar-refractivity contribution in [3.8, 4) is 11.1 Å². The van der Waals surface area contributed by atoms with Crippen molar-refractivity contribution in [3.05, 3.63) is 194 Å². The maximum absolute atomic E-state index is 6.24. The predicted molar refractivity (Wildman–Crippen MR) is 206 cm³/mol. The molecule has 3 heteroatoms. The largest absolute Gasteiger partial charge is 0.456 e. The van der Waals surface area contributed by atoms with E-state index in [0.717, 1.165) is 61.6 Å². The third kappa shape index (κ3) is 5.28. The van der Waals surface area contributed by atoms with Gasteiger partial charge in [0.25, 0.3) is 0 Å². The van der Waals surface area contributed by atoms with Crippen molar-refractivity contribution >= 4 is 66.8 Å². The van der Waals surface area contributed by atoms with Crippen LogP contribution in [0.15, 0.2) is 199 Å². The Morgan fingerprint density at radius 3 is 1.47 bits per heavy atom. The van der Waals surface area contributed by atoms with Crippen LogP contribution < -0.4 is 9.80 Å². The third-order valence-corrected chi connectivity index (χ3v) is 9.18. The molecule has 0 fully saturated rings. The van der Waals surface area contributed by atoms with E-state index in [-0.39, 0.29) is 0 Å². The quantitative estimate of drug-likeness (QED) is 0.175. The lowest BCUT2D eigenvalue weighted by Crippen LogP contribution is -2.13. The van der Waals surface area contributed by atoms with Crippen LogP contribution in [-0.2, 0) is 0 Å². The van der Waals surface area contributed by atoms with Crippen LogP contribution >= 0.6 is 0 Å². The molecular weight excluding hydrogens is 597 g/mol. The van der Waals surface area contributed by atoms with Crippen LogP contribution in [0.1, 0.15) is 0 Å². The molecule has 0 unspecified atom stereocenters. The summed E-state index contributed by atoms with van der Waals surface area (Å²) in [4.78, 5) is 4.70. The highest BCUT2D eigenvalue weighted by atomic mass is 16.3. The summed E-state index contributed by atoms with van der Waals surface area (Å²) in [6.07, 6.45) is 0. The number of hydrogen-bond acceptors (Lipinski definition) is 3. The van der Waals surface area contributed by atoms with Crippen LogP contribution in [0.25, 0.3) is 43.8 Å². The molecule has 0 spiro atoms. The number of fused-ring (bicyclic) bond motifs is 4. The highest BCUT2D eigenvalue weighted by Crippen LogP contribution is 2.45. The number of benzene rings is 8. The van der Waals surface area contributed by atoms with E-state index in [4.69, 9.17) is 4.42 Å². The second-order valence-electron chi connectivity index (χ2n) is 12.2. The highest BCUT2D eigenvalue weighted by molar-refractivity contribution is 6.07. The molecule has 0 N–H and O–H groups in total. The fraction of sp³-hybridized carbons (Fsp3) is 0. The monoisotopic (exact) mass is 628 g/mol. The summed E-state index contributed by atoms with van der Waals surface area (Å²) < 4.78 is 6.24. The van der Waals surface area contributed by atoms with Crippen molar-refractivity contribution < 1.29 is 4.42 Å². The van der Waals surface area contributed by atoms with Crippen LogP contribution in [0, 0.1) is 0 Å². The van der Waals surface area contributed by atoms with Gasteiger partial charge in [0, 0.05) is 44.9 Å². The summed E-state index contributed by atoms with van der Waals surface area (Å²) in [6.45, 7) is 0. The summed E-state index contributed by atoms with van der Waals surface area (Å²) in [7, 11) is 0. The van der Waals surface area contributed by atoms with Crippen LogP contribution in [0.4, 0.5) is 34.1 Å². The van der Waals surface area contributed by atoms with Gasteiger partial charge in [0.1, 0.15) is 11.2 Å². The van der Waals surface area contributed by atoms with E-state index >= 15 is 0 Å². The molecule has 0 amide bonds. The molecule has 0 bridgehead atoms. The summed E-state index contributed by atoms with van der Waals surface area (Å²) in [5.41, 5.74) is 10.5. The number of nitrogens with zero attached hydrogens (tertiary/aromatic N) is 2. The average molecular weight is 629 g/mol. The lowest BCUT2D eigenvalue weighted by molar-refractivity contribution is 0.669. The molecule has 0 saturated carbocycles. The molecule has 8 aromatic carbocycles. The first-order chi connectivity index (χ1) is 24.3. The molecule has 0 atom stereocenters. The lowest BCUT2D eigenvalue weighted by atomic mass is 9.96. The molecule has 1 heterocycles. The molecule has 232 valence electrons. The van der Waals surface area contributed by atoms with Gasteiger partial charge in [-0.3, -0.25) is 0 Å².